The third-order valence-corrected chi connectivity index (χ3v) is 2.21. The molecule has 0 aliphatic heterocycles. The number of hydrogen-bond acceptors (Lipinski definition) is 0. The second kappa shape index (κ2) is 5.30. The van der Waals surface area contributed by atoms with Crippen molar-refractivity contribution < 1.29 is 29.7 Å². The monoisotopic (exact) mass is 329 g/mol. The van der Waals surface area contributed by atoms with Gasteiger partial charge in [-0.15, -0.1) is 0 Å². The van der Waals surface area contributed by atoms with Crippen LogP contribution in [0.25, 0.3) is 0 Å². The van der Waals surface area contributed by atoms with Gasteiger partial charge in [0, 0.05) is 17.2 Å². The Kier molecular flexibility index (Phi) is 4.40. The average Bonchev–Trinajstić information content (AvgIpc) is 2.26. The summed E-state index contributed by atoms with van der Waals surface area (Å²) in [6.45, 7) is 3.06. The van der Waals surface area contributed by atoms with Crippen LogP contribution in [-0.4, -0.2) is 0 Å². The normalized spacial score (nSPS) is 14.4. The van der Waals surface area contributed by atoms with E-state index in [2.05, 4.69) is 60.3 Å². The molecule has 0 atom stereocenters. The fourth-order valence-electron chi connectivity index (χ4n) is 1.55. The van der Waals surface area contributed by atoms with Gasteiger partial charge in [-0.3, -0.25) is 0 Å². The second-order valence-corrected chi connectivity index (χ2v) is 6.41. The summed E-state index contributed by atoms with van der Waals surface area (Å²) >= 11 is 0. The molecule has 0 unspecified atom stereocenters. The molecule has 0 fully saturated rings. The molecule has 1 aromatic heterocycles. The van der Waals surface area contributed by atoms with E-state index in [-0.39, 0.29) is 0 Å². The molecule has 0 saturated carbocycles. The molecule has 118 valence electrons. The first-order chi connectivity index (χ1) is 9.29. The van der Waals surface area contributed by atoms with Gasteiger partial charge in [-0.2, -0.15) is 0 Å². The minimum absolute atomic E-state index is 0.947. The molecular formula is C13H14F6NP. The Balaban J connectivity index is 0.000000270. The summed E-state index contributed by atoms with van der Waals surface area (Å²) in [4.78, 5) is 0. The molecule has 1 nitrogen and oxygen atoms in total. The molecule has 0 aliphatic rings. The summed E-state index contributed by atoms with van der Waals surface area (Å²) in [7, 11) is -10.7. The number of aryl methyl sites for hydroxylation is 1. The molecule has 2 rings (SSSR count). The summed E-state index contributed by atoms with van der Waals surface area (Å²) < 4.78 is 61.4. The van der Waals surface area contributed by atoms with Crippen LogP contribution >= 0.6 is 7.81 Å². The van der Waals surface area contributed by atoms with Crippen molar-refractivity contribution in [1.29, 1.82) is 0 Å². The Morgan fingerprint density at radius 3 is 1.86 bits per heavy atom. The van der Waals surface area contributed by atoms with E-state index in [1.807, 2.05) is 6.07 Å². The third-order valence-electron chi connectivity index (χ3n) is 2.21. The quantitative estimate of drug-likeness (QED) is 0.377. The molecule has 0 radical (unpaired) electrons. The first kappa shape index (κ1) is 17.4. The molecular weight excluding hydrogens is 315 g/mol. The van der Waals surface area contributed by atoms with Crippen LogP contribution in [0.2, 0.25) is 0 Å². The number of halogens is 6. The minimum atomic E-state index is -10.7. The van der Waals surface area contributed by atoms with Gasteiger partial charge in [-0.1, -0.05) is 30.3 Å². The number of hydrogen-bond donors (Lipinski definition) is 0. The van der Waals surface area contributed by atoms with Gasteiger partial charge in [-0.05, 0) is 13.0 Å². The van der Waals surface area contributed by atoms with Crippen molar-refractivity contribution in [2.24, 2.45) is 0 Å². The Labute approximate surface area is 118 Å². The van der Waals surface area contributed by atoms with Crippen molar-refractivity contribution >= 4 is 7.81 Å². The summed E-state index contributed by atoms with van der Waals surface area (Å²) in [5.74, 6) is 0. The van der Waals surface area contributed by atoms with Crippen molar-refractivity contribution in [2.75, 3.05) is 0 Å². The van der Waals surface area contributed by atoms with E-state index in [0.29, 0.717) is 0 Å². The Morgan fingerprint density at radius 2 is 1.38 bits per heavy atom. The van der Waals surface area contributed by atoms with Gasteiger partial charge >= 0.3 is 33.0 Å². The predicted molar refractivity (Wildman–Crippen MR) is 70.5 cm³/mol. The van der Waals surface area contributed by atoms with E-state index in [0.717, 1.165) is 6.54 Å². The SMILES string of the molecule is Cc1ccc[n+](Cc2ccccc2)c1.F[P-](F)(F)(F)(F)F. The molecule has 0 bridgehead atoms. The van der Waals surface area contributed by atoms with E-state index in [4.69, 9.17) is 0 Å². The first-order valence-electron chi connectivity index (χ1n) is 5.86. The summed E-state index contributed by atoms with van der Waals surface area (Å²) in [5, 5.41) is 0. The van der Waals surface area contributed by atoms with Crippen molar-refractivity contribution in [3.05, 3.63) is 66.0 Å². The zero-order chi connectivity index (χ0) is 16.2. The molecule has 2 aromatic rings. The van der Waals surface area contributed by atoms with E-state index >= 15 is 0 Å². The average molecular weight is 329 g/mol. The number of aromatic nitrogens is 1. The van der Waals surface area contributed by atoms with Crippen LogP contribution in [0.5, 0.6) is 0 Å². The Bertz CT molecular complexity index is 583. The second-order valence-electron chi connectivity index (χ2n) is 4.50. The molecule has 0 saturated heterocycles. The number of benzene rings is 1. The molecule has 1 heterocycles. The van der Waals surface area contributed by atoms with E-state index < -0.39 is 7.81 Å². The summed E-state index contributed by atoms with van der Waals surface area (Å²) in [6.07, 6.45) is 4.26. The van der Waals surface area contributed by atoms with E-state index in [1.54, 1.807) is 0 Å². The summed E-state index contributed by atoms with van der Waals surface area (Å²) in [6, 6.07) is 14.7. The van der Waals surface area contributed by atoms with Gasteiger partial charge in [0.05, 0.1) is 0 Å². The summed E-state index contributed by atoms with van der Waals surface area (Å²) in [5.41, 5.74) is 2.63. The van der Waals surface area contributed by atoms with Crippen LogP contribution in [0.15, 0.2) is 54.9 Å². The molecule has 0 aliphatic carbocycles. The van der Waals surface area contributed by atoms with E-state index in [1.165, 1.54) is 11.1 Å². The number of nitrogens with zero attached hydrogens (tertiary/aromatic N) is 1. The maximum atomic E-state index is 9.87. The van der Waals surface area contributed by atoms with Crippen LogP contribution in [0.4, 0.5) is 25.2 Å². The van der Waals surface area contributed by atoms with Gasteiger partial charge in [0.1, 0.15) is 0 Å². The molecule has 1 aromatic carbocycles. The van der Waals surface area contributed by atoms with Gasteiger partial charge in [0.25, 0.3) is 0 Å². The van der Waals surface area contributed by atoms with Crippen LogP contribution in [0.3, 0.4) is 0 Å². The van der Waals surface area contributed by atoms with Crippen molar-refractivity contribution in [1.82, 2.24) is 0 Å². The zero-order valence-electron chi connectivity index (χ0n) is 11.1. The third kappa shape index (κ3) is 11.9. The van der Waals surface area contributed by atoms with Gasteiger partial charge in [0.2, 0.25) is 0 Å². The van der Waals surface area contributed by atoms with Gasteiger partial charge in [0.15, 0.2) is 18.9 Å². The van der Waals surface area contributed by atoms with Gasteiger partial charge < -0.3 is 0 Å². The van der Waals surface area contributed by atoms with Gasteiger partial charge in [-0.25, -0.2) is 4.57 Å². The van der Waals surface area contributed by atoms with Crippen LogP contribution in [-0.2, 0) is 6.54 Å². The first-order valence-corrected chi connectivity index (χ1v) is 7.88. The van der Waals surface area contributed by atoms with Crippen molar-refractivity contribution in [3.63, 3.8) is 0 Å². The number of pyridine rings is 1. The van der Waals surface area contributed by atoms with E-state index in [9.17, 15) is 25.2 Å². The Morgan fingerprint density at radius 1 is 0.857 bits per heavy atom. The fraction of sp³-hybridized carbons (Fsp3) is 0.154. The van der Waals surface area contributed by atoms with Crippen molar-refractivity contribution in [3.8, 4) is 0 Å². The molecule has 21 heavy (non-hydrogen) atoms. The molecule has 0 spiro atoms. The van der Waals surface area contributed by atoms with Crippen LogP contribution in [0.1, 0.15) is 11.1 Å². The molecule has 0 amide bonds. The number of rotatable bonds is 2. The molecule has 0 N–H and O–H groups in total. The standard InChI is InChI=1S/C13H14N.F6P/c1-12-6-5-9-14(10-12)11-13-7-3-2-4-8-13;1-7(2,3,4,5)6/h2-10H,11H2,1H3;/q+1;-1. The maximum absolute atomic E-state index is 10.7. The predicted octanol–water partition coefficient (Wildman–Crippen LogP) is 5.71. The van der Waals surface area contributed by atoms with Crippen LogP contribution in [0, 0.1) is 6.92 Å². The molecule has 8 heteroatoms. The van der Waals surface area contributed by atoms with Crippen molar-refractivity contribution in [2.45, 2.75) is 13.5 Å². The van der Waals surface area contributed by atoms with Crippen LogP contribution < -0.4 is 4.57 Å². The zero-order valence-corrected chi connectivity index (χ0v) is 12.0. The fourth-order valence-corrected chi connectivity index (χ4v) is 1.55. The topological polar surface area (TPSA) is 3.88 Å². The Hall–Kier alpha value is -1.62.